The summed E-state index contributed by atoms with van der Waals surface area (Å²) >= 11 is 0. The summed E-state index contributed by atoms with van der Waals surface area (Å²) in [4.78, 5) is 27.8. The van der Waals surface area contributed by atoms with E-state index in [0.717, 1.165) is 34.0 Å². The van der Waals surface area contributed by atoms with Crippen LogP contribution in [-0.2, 0) is 26.0 Å². The first kappa shape index (κ1) is 23.3. The Morgan fingerprint density at radius 1 is 1.00 bits per heavy atom. The van der Waals surface area contributed by atoms with Crippen LogP contribution in [0.1, 0.15) is 30.5 Å². The minimum atomic E-state index is -4.22. The van der Waals surface area contributed by atoms with Crippen LogP contribution in [0, 0.1) is 11.6 Å². The quantitative estimate of drug-likeness (QED) is 0.677. The third-order valence-electron chi connectivity index (χ3n) is 6.29. The van der Waals surface area contributed by atoms with Crippen molar-refractivity contribution in [3.8, 4) is 0 Å². The van der Waals surface area contributed by atoms with Crippen LogP contribution in [0.25, 0.3) is 0 Å². The van der Waals surface area contributed by atoms with Gasteiger partial charge in [-0.05, 0) is 35.7 Å². The molecule has 2 aromatic carbocycles. The van der Waals surface area contributed by atoms with Gasteiger partial charge in [-0.15, -0.1) is 0 Å². The lowest BCUT2D eigenvalue weighted by Gasteiger charge is -2.39. The zero-order valence-electron chi connectivity index (χ0n) is 18.2. The van der Waals surface area contributed by atoms with Crippen LogP contribution in [0.3, 0.4) is 0 Å². The summed E-state index contributed by atoms with van der Waals surface area (Å²) in [6.45, 7) is 2.23. The molecule has 0 bridgehead atoms. The SMILES string of the molecule is CC(=O)N1CCc2ccccc2C1CC(=O)N1CCN(S(=O)(=O)c2cc(F)ccc2F)CC1. The molecular formula is C23H25F2N3O4S. The maximum atomic E-state index is 14.0. The zero-order chi connectivity index (χ0) is 23.8. The predicted molar refractivity (Wildman–Crippen MR) is 117 cm³/mol. The van der Waals surface area contributed by atoms with Crippen molar-refractivity contribution in [3.05, 3.63) is 65.2 Å². The van der Waals surface area contributed by atoms with E-state index >= 15 is 0 Å². The van der Waals surface area contributed by atoms with Crippen LogP contribution in [0.4, 0.5) is 8.78 Å². The van der Waals surface area contributed by atoms with Gasteiger partial charge in [-0.1, -0.05) is 24.3 Å². The third-order valence-corrected chi connectivity index (χ3v) is 8.20. The topological polar surface area (TPSA) is 78.0 Å². The molecule has 0 spiro atoms. The van der Waals surface area contributed by atoms with Gasteiger partial charge in [0.2, 0.25) is 21.8 Å². The van der Waals surface area contributed by atoms with Crippen molar-refractivity contribution in [2.75, 3.05) is 32.7 Å². The molecule has 1 unspecified atom stereocenters. The highest BCUT2D eigenvalue weighted by Gasteiger charge is 2.35. The van der Waals surface area contributed by atoms with Crippen molar-refractivity contribution in [2.45, 2.75) is 30.7 Å². The van der Waals surface area contributed by atoms with Gasteiger partial charge in [0.1, 0.15) is 16.5 Å². The Balaban J connectivity index is 1.45. The largest absolute Gasteiger partial charge is 0.340 e. The molecule has 10 heteroatoms. The lowest BCUT2D eigenvalue weighted by molar-refractivity contribution is -0.137. The number of carbonyl (C=O) groups excluding carboxylic acids is 2. The van der Waals surface area contributed by atoms with E-state index < -0.39 is 26.6 Å². The summed E-state index contributed by atoms with van der Waals surface area (Å²) in [5.41, 5.74) is 2.07. The summed E-state index contributed by atoms with van der Waals surface area (Å²) in [7, 11) is -4.22. The molecule has 2 heterocycles. The van der Waals surface area contributed by atoms with Crippen LogP contribution in [0.5, 0.6) is 0 Å². The van der Waals surface area contributed by atoms with Crippen molar-refractivity contribution in [2.24, 2.45) is 0 Å². The summed E-state index contributed by atoms with van der Waals surface area (Å²) < 4.78 is 54.2. The lowest BCUT2D eigenvalue weighted by atomic mass is 9.90. The number of rotatable bonds is 4. The second-order valence-electron chi connectivity index (χ2n) is 8.24. The van der Waals surface area contributed by atoms with E-state index in [2.05, 4.69) is 0 Å². The van der Waals surface area contributed by atoms with Crippen molar-refractivity contribution in [3.63, 3.8) is 0 Å². The van der Waals surface area contributed by atoms with E-state index in [1.54, 1.807) is 9.80 Å². The smallest absolute Gasteiger partial charge is 0.246 e. The molecule has 2 aliphatic rings. The average Bonchev–Trinajstić information content (AvgIpc) is 2.80. The molecule has 0 radical (unpaired) electrons. The van der Waals surface area contributed by atoms with Gasteiger partial charge in [-0.2, -0.15) is 4.31 Å². The normalized spacial score (nSPS) is 19.3. The van der Waals surface area contributed by atoms with Gasteiger partial charge in [0.05, 0.1) is 12.5 Å². The highest BCUT2D eigenvalue weighted by Crippen LogP contribution is 2.33. The molecule has 1 saturated heterocycles. The van der Waals surface area contributed by atoms with Gasteiger partial charge >= 0.3 is 0 Å². The number of nitrogens with zero attached hydrogens (tertiary/aromatic N) is 3. The Morgan fingerprint density at radius 3 is 2.39 bits per heavy atom. The summed E-state index contributed by atoms with van der Waals surface area (Å²) in [5.74, 6) is -2.14. The highest BCUT2D eigenvalue weighted by atomic mass is 32.2. The second kappa shape index (κ2) is 9.18. The molecule has 7 nitrogen and oxygen atoms in total. The number of sulfonamides is 1. The summed E-state index contributed by atoms with van der Waals surface area (Å²) in [6.07, 6.45) is 0.829. The van der Waals surface area contributed by atoms with Gasteiger partial charge in [0, 0.05) is 39.6 Å². The minimum absolute atomic E-state index is 0.0261. The number of benzene rings is 2. The van der Waals surface area contributed by atoms with Gasteiger partial charge in [0.15, 0.2) is 0 Å². The van der Waals surface area contributed by atoms with E-state index in [9.17, 15) is 26.8 Å². The summed E-state index contributed by atoms with van der Waals surface area (Å²) in [5, 5.41) is 0. The van der Waals surface area contributed by atoms with Crippen LogP contribution in [-0.4, -0.2) is 67.1 Å². The molecule has 176 valence electrons. The maximum absolute atomic E-state index is 14.0. The van der Waals surface area contributed by atoms with Crippen molar-refractivity contribution < 1.29 is 26.8 Å². The molecule has 0 saturated carbocycles. The number of amides is 2. The molecule has 2 aliphatic heterocycles. The molecule has 1 fully saturated rings. The second-order valence-corrected chi connectivity index (χ2v) is 10.1. The Labute approximate surface area is 191 Å². The van der Waals surface area contributed by atoms with Gasteiger partial charge in [0.25, 0.3) is 0 Å². The van der Waals surface area contributed by atoms with Crippen molar-refractivity contribution in [1.29, 1.82) is 0 Å². The average molecular weight is 478 g/mol. The lowest BCUT2D eigenvalue weighted by Crippen LogP contribution is -2.51. The monoisotopic (exact) mass is 477 g/mol. The van der Waals surface area contributed by atoms with Crippen molar-refractivity contribution >= 4 is 21.8 Å². The number of fused-ring (bicyclic) bond motifs is 1. The molecule has 0 aromatic heterocycles. The van der Waals surface area contributed by atoms with E-state index in [0.29, 0.717) is 12.6 Å². The highest BCUT2D eigenvalue weighted by molar-refractivity contribution is 7.89. The molecule has 1 atom stereocenters. The first-order valence-electron chi connectivity index (χ1n) is 10.8. The maximum Gasteiger partial charge on any atom is 0.246 e. The Morgan fingerprint density at radius 2 is 1.70 bits per heavy atom. The van der Waals surface area contributed by atoms with Crippen LogP contribution in [0.15, 0.2) is 47.4 Å². The first-order chi connectivity index (χ1) is 15.7. The zero-order valence-corrected chi connectivity index (χ0v) is 19.0. The van der Waals surface area contributed by atoms with Gasteiger partial charge in [-0.25, -0.2) is 17.2 Å². The molecule has 2 aromatic rings. The number of halogens is 2. The summed E-state index contributed by atoms with van der Waals surface area (Å²) in [6, 6.07) is 9.68. The standard InChI is InChI=1S/C23H25F2N3O4S/c1-16(29)28-9-8-17-4-2-3-5-19(17)21(28)15-23(30)26-10-12-27(13-11-26)33(31,32)22-14-18(24)6-7-20(22)25/h2-7,14,21H,8-13,15H2,1H3. The fourth-order valence-corrected chi connectivity index (χ4v) is 6.03. The molecule has 4 rings (SSSR count). The molecule has 2 amide bonds. The molecule has 0 N–H and O–H groups in total. The van der Waals surface area contributed by atoms with E-state index in [-0.39, 0.29) is 50.5 Å². The van der Waals surface area contributed by atoms with Gasteiger partial charge < -0.3 is 9.80 Å². The Hall–Kier alpha value is -2.85. The Kier molecular flexibility index (Phi) is 6.49. The van der Waals surface area contributed by atoms with E-state index in [1.807, 2.05) is 24.3 Å². The third kappa shape index (κ3) is 4.63. The van der Waals surface area contributed by atoms with Crippen LogP contribution < -0.4 is 0 Å². The Bertz CT molecular complexity index is 1180. The van der Waals surface area contributed by atoms with Crippen LogP contribution in [0.2, 0.25) is 0 Å². The minimum Gasteiger partial charge on any atom is -0.340 e. The first-order valence-corrected chi connectivity index (χ1v) is 12.2. The van der Waals surface area contributed by atoms with E-state index in [4.69, 9.17) is 0 Å². The van der Waals surface area contributed by atoms with Crippen molar-refractivity contribution in [1.82, 2.24) is 14.1 Å². The fraction of sp³-hybridized carbons (Fsp3) is 0.391. The fourth-order valence-electron chi connectivity index (χ4n) is 4.53. The number of hydrogen-bond acceptors (Lipinski definition) is 4. The predicted octanol–water partition coefficient (Wildman–Crippen LogP) is 2.33. The number of piperazine rings is 1. The van der Waals surface area contributed by atoms with Gasteiger partial charge in [-0.3, -0.25) is 9.59 Å². The molecular weight excluding hydrogens is 452 g/mol. The van der Waals surface area contributed by atoms with Crippen LogP contribution >= 0.6 is 0 Å². The molecule has 0 aliphatic carbocycles. The number of carbonyl (C=O) groups is 2. The number of hydrogen-bond donors (Lipinski definition) is 0. The van der Waals surface area contributed by atoms with E-state index in [1.165, 1.54) is 6.92 Å². The molecule has 33 heavy (non-hydrogen) atoms.